The minimum atomic E-state index is -0.813. The van der Waals surface area contributed by atoms with Crippen LogP contribution in [0.25, 0.3) is 21.9 Å². The van der Waals surface area contributed by atoms with Gasteiger partial charge in [-0.2, -0.15) is 0 Å². The van der Waals surface area contributed by atoms with Crippen LogP contribution in [0.4, 0.5) is 0 Å². The van der Waals surface area contributed by atoms with Gasteiger partial charge in [-0.25, -0.2) is 0 Å². The summed E-state index contributed by atoms with van der Waals surface area (Å²) in [4.78, 5) is 4.59. The maximum Gasteiger partial charge on any atom is 0.144 e. The number of rotatable bonds is 2. The third-order valence-corrected chi connectivity index (χ3v) is 5.06. The molecule has 5 rings (SSSR count). The average molecular weight is 318 g/mol. The second-order valence-electron chi connectivity index (χ2n) is 6.52. The van der Waals surface area contributed by atoms with Crippen LogP contribution in [-0.2, 0) is 0 Å². The summed E-state index contributed by atoms with van der Waals surface area (Å²) in [5.74, 6) is -0.716. The summed E-state index contributed by atoms with van der Waals surface area (Å²) in [6.07, 6.45) is 3.70. The Balaban J connectivity index is 1.66. The van der Waals surface area contributed by atoms with Crippen LogP contribution in [0.15, 0.2) is 63.6 Å². The first-order chi connectivity index (χ1) is 13.1. The van der Waals surface area contributed by atoms with Crippen molar-refractivity contribution >= 4 is 27.7 Å². The van der Waals surface area contributed by atoms with Crippen molar-refractivity contribution in [2.24, 2.45) is 10.9 Å². The number of hydrogen-bond acceptors (Lipinski definition) is 2. The molecule has 0 spiro atoms. The van der Waals surface area contributed by atoms with Gasteiger partial charge in [0, 0.05) is 26.6 Å². The highest BCUT2D eigenvalue weighted by Gasteiger charge is 2.22. The van der Waals surface area contributed by atoms with E-state index in [0.29, 0.717) is 11.3 Å². The average Bonchev–Trinajstić information content (AvgIpc) is 3.28. The van der Waals surface area contributed by atoms with Gasteiger partial charge in [0.2, 0.25) is 0 Å². The van der Waals surface area contributed by atoms with E-state index in [2.05, 4.69) is 4.99 Å². The highest BCUT2D eigenvalue weighted by Crippen LogP contribution is 2.36. The molecule has 1 fully saturated rings. The van der Waals surface area contributed by atoms with Gasteiger partial charge in [-0.15, -0.1) is 0 Å². The lowest BCUT2D eigenvalue weighted by Crippen LogP contribution is -2.09. The monoisotopic (exact) mass is 318 g/mol. The molecule has 2 nitrogen and oxygen atoms in total. The molecule has 24 heavy (non-hydrogen) atoms. The van der Waals surface area contributed by atoms with Crippen molar-refractivity contribution in [3.63, 3.8) is 0 Å². The van der Waals surface area contributed by atoms with E-state index in [1.54, 1.807) is 6.20 Å². The van der Waals surface area contributed by atoms with Gasteiger partial charge < -0.3 is 4.42 Å². The Morgan fingerprint density at radius 1 is 1.00 bits per heavy atom. The summed E-state index contributed by atoms with van der Waals surface area (Å²) in [6.45, 7) is 0. The Morgan fingerprint density at radius 3 is 2.75 bits per heavy atom. The molecule has 2 atom stereocenters. The molecule has 0 saturated heterocycles. The van der Waals surface area contributed by atoms with Crippen LogP contribution in [0.5, 0.6) is 0 Å². The summed E-state index contributed by atoms with van der Waals surface area (Å²) in [5, 5.41) is 2.05. The Hall–Kier alpha value is -2.35. The lowest BCUT2D eigenvalue weighted by atomic mass is 9.90. The zero-order valence-corrected chi connectivity index (χ0v) is 13.5. The van der Waals surface area contributed by atoms with Crippen molar-refractivity contribution in [1.82, 2.24) is 0 Å². The molecular weight excluding hydrogens is 294 g/mol. The maximum atomic E-state index is 8.71. The van der Waals surface area contributed by atoms with Crippen molar-refractivity contribution in [3.8, 4) is 0 Å². The molecule has 1 saturated carbocycles. The molecule has 2 unspecified atom stereocenters. The number of fused-ring (bicyclic) bond motifs is 3. The minimum Gasteiger partial charge on any atom is -0.455 e. The number of allylic oxidation sites excluding steroid dienone is 1. The molecule has 1 aliphatic heterocycles. The molecule has 3 aromatic rings. The number of furan rings is 1. The lowest BCUT2D eigenvalue weighted by molar-refractivity contribution is 0.609. The zero-order chi connectivity index (χ0) is 18.6. The van der Waals surface area contributed by atoms with Gasteiger partial charge in [0.05, 0.1) is 5.71 Å². The SMILES string of the molecule is [2H]C1C(C2([2H])CCCC2)=CN=C(c2cccc3c2oc2ccccc23)C1[2H]. The third-order valence-electron chi connectivity index (χ3n) is 5.06. The number of aliphatic imine (C=N–C) groups is 1. The van der Waals surface area contributed by atoms with E-state index in [1.165, 1.54) is 0 Å². The number of hydrogen-bond donors (Lipinski definition) is 0. The van der Waals surface area contributed by atoms with Crippen LogP contribution in [0.3, 0.4) is 0 Å². The van der Waals surface area contributed by atoms with Crippen LogP contribution in [-0.4, -0.2) is 5.71 Å². The predicted octanol–water partition coefficient (Wildman–Crippen LogP) is 6.24. The van der Waals surface area contributed by atoms with Crippen molar-refractivity contribution in [2.75, 3.05) is 0 Å². The van der Waals surface area contributed by atoms with E-state index < -0.39 is 18.7 Å². The summed E-state index contributed by atoms with van der Waals surface area (Å²) < 4.78 is 32.1. The van der Waals surface area contributed by atoms with Crippen LogP contribution in [0.2, 0.25) is 0 Å². The fraction of sp³-hybridized carbons (Fsp3) is 0.318. The van der Waals surface area contributed by atoms with Crippen LogP contribution in [0, 0.1) is 5.89 Å². The molecular formula is C22H21NO. The standard InChI is InChI=1S/C22H21NO/c1-2-7-15(6-1)16-12-13-20(23-14-16)19-10-5-9-18-17-8-3-4-11-21(17)24-22(18)19/h3-5,8-11,14-15H,1-2,6-7,12-13H2/i12D,13D,15D. The second-order valence-corrected chi connectivity index (χ2v) is 6.52. The summed E-state index contributed by atoms with van der Waals surface area (Å²) >= 11 is 0. The van der Waals surface area contributed by atoms with Gasteiger partial charge in [0.1, 0.15) is 11.2 Å². The number of nitrogens with zero attached hydrogens (tertiary/aromatic N) is 1. The van der Waals surface area contributed by atoms with Gasteiger partial charge in [-0.1, -0.05) is 43.2 Å². The summed E-state index contributed by atoms with van der Waals surface area (Å²) in [7, 11) is 0. The van der Waals surface area contributed by atoms with Crippen LogP contribution < -0.4 is 0 Å². The predicted molar refractivity (Wildman–Crippen MR) is 99.5 cm³/mol. The van der Waals surface area contributed by atoms with E-state index in [0.717, 1.165) is 53.2 Å². The van der Waals surface area contributed by atoms with Gasteiger partial charge in [-0.05, 0) is 49.2 Å². The van der Waals surface area contributed by atoms with Crippen molar-refractivity contribution in [1.29, 1.82) is 0 Å². The van der Waals surface area contributed by atoms with Gasteiger partial charge in [0.25, 0.3) is 0 Å². The molecule has 2 aliphatic rings. The maximum absolute atomic E-state index is 8.71. The highest BCUT2D eigenvalue weighted by atomic mass is 16.3. The third kappa shape index (κ3) is 2.21. The van der Waals surface area contributed by atoms with E-state index in [-0.39, 0.29) is 0 Å². The summed E-state index contributed by atoms with van der Waals surface area (Å²) in [6, 6.07) is 13.8. The molecule has 0 amide bonds. The fourth-order valence-corrected chi connectivity index (χ4v) is 3.80. The molecule has 2 heterocycles. The molecule has 120 valence electrons. The highest BCUT2D eigenvalue weighted by molar-refractivity contribution is 6.15. The lowest BCUT2D eigenvalue weighted by Gasteiger charge is -2.18. The van der Waals surface area contributed by atoms with E-state index in [9.17, 15) is 0 Å². The van der Waals surface area contributed by atoms with Crippen molar-refractivity contribution < 1.29 is 8.53 Å². The smallest absolute Gasteiger partial charge is 0.144 e. The largest absolute Gasteiger partial charge is 0.455 e. The van der Waals surface area contributed by atoms with E-state index in [4.69, 9.17) is 8.53 Å². The molecule has 1 aromatic heterocycles. The zero-order valence-electron chi connectivity index (χ0n) is 16.5. The van der Waals surface area contributed by atoms with Gasteiger partial charge >= 0.3 is 0 Å². The Labute approximate surface area is 146 Å². The molecule has 0 bridgehead atoms. The first-order valence-corrected chi connectivity index (χ1v) is 8.62. The first-order valence-electron chi connectivity index (χ1n) is 10.3. The van der Waals surface area contributed by atoms with Crippen molar-refractivity contribution in [2.45, 2.75) is 38.5 Å². The number of benzene rings is 2. The first kappa shape index (κ1) is 11.2. The van der Waals surface area contributed by atoms with Crippen LogP contribution >= 0.6 is 0 Å². The topological polar surface area (TPSA) is 25.5 Å². The fourth-order valence-electron chi connectivity index (χ4n) is 3.80. The molecule has 0 N–H and O–H groups in total. The van der Waals surface area contributed by atoms with Crippen LogP contribution in [0.1, 0.15) is 48.2 Å². The van der Waals surface area contributed by atoms with Crippen molar-refractivity contribution in [3.05, 3.63) is 59.8 Å². The molecule has 0 radical (unpaired) electrons. The second kappa shape index (κ2) is 5.62. The quantitative estimate of drug-likeness (QED) is 0.549. The Kier molecular flexibility index (Phi) is 2.64. The van der Waals surface area contributed by atoms with E-state index >= 15 is 0 Å². The molecule has 2 heteroatoms. The van der Waals surface area contributed by atoms with E-state index in [1.807, 2.05) is 42.5 Å². The molecule has 1 aliphatic carbocycles. The van der Waals surface area contributed by atoms with Gasteiger partial charge in [-0.3, -0.25) is 4.99 Å². The van der Waals surface area contributed by atoms with Gasteiger partial charge in [0.15, 0.2) is 0 Å². The number of para-hydroxylation sites is 2. The summed E-state index contributed by atoms with van der Waals surface area (Å²) in [5.41, 5.74) is 3.57. The Morgan fingerprint density at radius 2 is 1.83 bits per heavy atom. The minimum absolute atomic E-state index is 0.560. The normalized spacial score (nSPS) is 28.2. The Bertz CT molecular complexity index is 1090. The molecule has 2 aromatic carbocycles.